The third kappa shape index (κ3) is 2.22. The molecule has 0 aromatic heterocycles. The Balaban J connectivity index is 2.23. The number of hydrogen-bond acceptors (Lipinski definition) is 4. The first-order valence-corrected chi connectivity index (χ1v) is 6.09. The predicted octanol–water partition coefficient (Wildman–Crippen LogP) is 1.49. The fraction of sp³-hybridized carbons (Fsp3) is 0.250. The topological polar surface area (TPSA) is 73.2 Å². The molecule has 1 unspecified atom stereocenters. The summed E-state index contributed by atoms with van der Waals surface area (Å²) in [6.45, 7) is 0. The molecule has 1 aromatic carbocycles. The van der Waals surface area contributed by atoms with Gasteiger partial charge in [-0.1, -0.05) is 15.9 Å². The number of nitrogens with zero attached hydrogens (tertiary/aromatic N) is 2. The minimum atomic E-state index is -0.587. The molecule has 0 spiro atoms. The van der Waals surface area contributed by atoms with Crippen molar-refractivity contribution in [2.75, 3.05) is 12.4 Å². The van der Waals surface area contributed by atoms with E-state index in [4.69, 9.17) is 5.26 Å². The molecule has 5 nitrogen and oxygen atoms in total. The Morgan fingerprint density at radius 2 is 2.22 bits per heavy atom. The quantitative estimate of drug-likeness (QED) is 0.840. The molecule has 92 valence electrons. The summed E-state index contributed by atoms with van der Waals surface area (Å²) in [5.74, 6) is -0.486. The highest BCUT2D eigenvalue weighted by Crippen LogP contribution is 2.23. The van der Waals surface area contributed by atoms with Gasteiger partial charge in [0.2, 0.25) is 5.91 Å². The first-order chi connectivity index (χ1) is 8.52. The lowest BCUT2D eigenvalue weighted by atomic mass is 10.1. The maximum atomic E-state index is 11.7. The molecule has 6 heteroatoms. The van der Waals surface area contributed by atoms with Crippen LogP contribution >= 0.6 is 15.9 Å². The van der Waals surface area contributed by atoms with Gasteiger partial charge in [-0.3, -0.25) is 14.5 Å². The maximum Gasteiger partial charge on any atom is 0.251 e. The summed E-state index contributed by atoms with van der Waals surface area (Å²) in [6.07, 6.45) is 0.121. The van der Waals surface area contributed by atoms with Crippen molar-refractivity contribution in [3.8, 4) is 6.07 Å². The lowest BCUT2D eigenvalue weighted by Gasteiger charge is -2.13. The smallest absolute Gasteiger partial charge is 0.251 e. The zero-order chi connectivity index (χ0) is 13.3. The van der Waals surface area contributed by atoms with E-state index >= 15 is 0 Å². The van der Waals surface area contributed by atoms with Gasteiger partial charge in [0.15, 0.2) is 0 Å². The monoisotopic (exact) mass is 307 g/mol. The lowest BCUT2D eigenvalue weighted by molar-refractivity contribution is -0.136. The van der Waals surface area contributed by atoms with E-state index in [2.05, 4.69) is 21.2 Å². The Labute approximate surface area is 113 Å². The Morgan fingerprint density at radius 3 is 2.78 bits per heavy atom. The number of benzene rings is 1. The van der Waals surface area contributed by atoms with E-state index < -0.39 is 6.04 Å². The first-order valence-electron chi connectivity index (χ1n) is 5.29. The second kappa shape index (κ2) is 4.78. The zero-order valence-corrected chi connectivity index (χ0v) is 11.2. The maximum absolute atomic E-state index is 11.7. The van der Waals surface area contributed by atoms with Crippen LogP contribution in [0, 0.1) is 11.3 Å². The summed E-state index contributed by atoms with van der Waals surface area (Å²) >= 11 is 3.27. The summed E-state index contributed by atoms with van der Waals surface area (Å²) < 4.78 is 0.788. The van der Waals surface area contributed by atoms with Crippen LogP contribution in [0.15, 0.2) is 22.7 Å². The Hall–Kier alpha value is -1.87. The highest BCUT2D eigenvalue weighted by molar-refractivity contribution is 9.10. The molecule has 1 aromatic rings. The molecule has 1 N–H and O–H groups in total. The highest BCUT2D eigenvalue weighted by Gasteiger charge is 2.36. The van der Waals surface area contributed by atoms with Crippen LogP contribution in [0.3, 0.4) is 0 Å². The van der Waals surface area contributed by atoms with Gasteiger partial charge >= 0.3 is 0 Å². The molecule has 0 radical (unpaired) electrons. The van der Waals surface area contributed by atoms with Gasteiger partial charge in [-0.2, -0.15) is 5.26 Å². The number of likely N-dealkylation sites (N-methyl/N-ethyl adjacent to an activating group) is 1. The minimum absolute atomic E-state index is 0.121. The molecule has 0 bridgehead atoms. The van der Waals surface area contributed by atoms with E-state index in [0.29, 0.717) is 11.3 Å². The van der Waals surface area contributed by atoms with E-state index in [0.717, 1.165) is 9.37 Å². The van der Waals surface area contributed by atoms with Crippen molar-refractivity contribution in [2.24, 2.45) is 0 Å². The van der Waals surface area contributed by atoms with E-state index in [1.165, 1.54) is 7.05 Å². The molecule has 2 rings (SSSR count). The number of nitriles is 1. The number of nitrogens with one attached hydrogen (secondary N) is 1. The van der Waals surface area contributed by atoms with Crippen LogP contribution in [-0.2, 0) is 9.59 Å². The lowest BCUT2D eigenvalue weighted by Crippen LogP contribution is -2.31. The number of hydrogen-bond donors (Lipinski definition) is 1. The molecule has 0 saturated carbocycles. The van der Waals surface area contributed by atoms with Gasteiger partial charge in [0.25, 0.3) is 5.91 Å². The second-order valence-corrected chi connectivity index (χ2v) is 4.91. The molecule has 2 amide bonds. The van der Waals surface area contributed by atoms with Crippen molar-refractivity contribution in [3.63, 3.8) is 0 Å². The molecular weight excluding hydrogens is 298 g/mol. The number of carbonyl (C=O) groups is 2. The standard InChI is InChI=1S/C12H10BrN3O2/c1-16-11(17)5-10(12(16)18)15-9-3-2-8(13)4-7(9)6-14/h2-4,10,15H,5H2,1H3. The van der Waals surface area contributed by atoms with Gasteiger partial charge in [0.1, 0.15) is 12.1 Å². The van der Waals surface area contributed by atoms with Gasteiger partial charge in [-0.15, -0.1) is 0 Å². The normalized spacial score (nSPS) is 18.9. The van der Waals surface area contributed by atoms with Gasteiger partial charge in [0.05, 0.1) is 17.7 Å². The van der Waals surface area contributed by atoms with Crippen molar-refractivity contribution < 1.29 is 9.59 Å². The van der Waals surface area contributed by atoms with Gasteiger partial charge in [-0.05, 0) is 18.2 Å². The van der Waals surface area contributed by atoms with E-state index in [-0.39, 0.29) is 18.2 Å². The third-order valence-electron chi connectivity index (χ3n) is 2.81. The molecule has 0 aliphatic carbocycles. The summed E-state index contributed by atoms with van der Waals surface area (Å²) in [5.41, 5.74) is 0.987. The SMILES string of the molecule is CN1C(=O)CC(Nc2ccc(Br)cc2C#N)C1=O. The second-order valence-electron chi connectivity index (χ2n) is 3.99. The van der Waals surface area contributed by atoms with Crippen molar-refractivity contribution in [2.45, 2.75) is 12.5 Å². The number of rotatable bonds is 2. The van der Waals surface area contributed by atoms with Gasteiger partial charge < -0.3 is 5.32 Å². The average Bonchev–Trinajstić information content (AvgIpc) is 2.59. The minimum Gasteiger partial charge on any atom is -0.372 e. The van der Waals surface area contributed by atoms with Gasteiger partial charge in [0, 0.05) is 11.5 Å². The molecule has 1 heterocycles. The molecule has 1 fully saturated rings. The predicted molar refractivity (Wildman–Crippen MR) is 68.7 cm³/mol. The number of halogens is 1. The fourth-order valence-corrected chi connectivity index (χ4v) is 2.15. The number of likely N-dealkylation sites (tertiary alicyclic amines) is 1. The molecular formula is C12H10BrN3O2. The van der Waals surface area contributed by atoms with Crippen molar-refractivity contribution in [1.29, 1.82) is 5.26 Å². The Morgan fingerprint density at radius 1 is 1.50 bits per heavy atom. The third-order valence-corrected chi connectivity index (χ3v) is 3.31. The average molecular weight is 308 g/mol. The molecule has 1 aliphatic heterocycles. The van der Waals surface area contributed by atoms with E-state index in [1.807, 2.05) is 6.07 Å². The highest BCUT2D eigenvalue weighted by atomic mass is 79.9. The molecule has 1 saturated heterocycles. The number of carbonyl (C=O) groups excluding carboxylic acids is 2. The number of amides is 2. The molecule has 1 aliphatic rings. The van der Waals surface area contributed by atoms with Crippen LogP contribution in [0.4, 0.5) is 5.69 Å². The van der Waals surface area contributed by atoms with Crippen LogP contribution in [0.2, 0.25) is 0 Å². The largest absolute Gasteiger partial charge is 0.372 e. The van der Waals surface area contributed by atoms with Crippen LogP contribution < -0.4 is 5.32 Å². The summed E-state index contributed by atoms with van der Waals surface area (Å²) in [6, 6.07) is 6.60. The summed E-state index contributed by atoms with van der Waals surface area (Å²) in [5, 5.41) is 12.0. The zero-order valence-electron chi connectivity index (χ0n) is 9.61. The van der Waals surface area contributed by atoms with Crippen molar-refractivity contribution >= 4 is 33.4 Å². The fourth-order valence-electron chi connectivity index (χ4n) is 1.79. The Bertz CT molecular complexity index is 565. The number of imide groups is 1. The summed E-state index contributed by atoms with van der Waals surface area (Å²) in [4.78, 5) is 24.2. The molecule has 1 atom stereocenters. The van der Waals surface area contributed by atoms with E-state index in [1.54, 1.807) is 18.2 Å². The number of anilines is 1. The van der Waals surface area contributed by atoms with Crippen LogP contribution in [-0.4, -0.2) is 29.8 Å². The van der Waals surface area contributed by atoms with Gasteiger partial charge in [-0.25, -0.2) is 0 Å². The van der Waals surface area contributed by atoms with Crippen LogP contribution in [0.25, 0.3) is 0 Å². The van der Waals surface area contributed by atoms with E-state index in [9.17, 15) is 9.59 Å². The first kappa shape index (κ1) is 12.6. The van der Waals surface area contributed by atoms with Crippen molar-refractivity contribution in [1.82, 2.24) is 4.90 Å². The Kier molecular flexibility index (Phi) is 3.34. The van der Waals surface area contributed by atoms with Crippen LogP contribution in [0.1, 0.15) is 12.0 Å². The van der Waals surface area contributed by atoms with Crippen molar-refractivity contribution in [3.05, 3.63) is 28.2 Å². The summed E-state index contributed by atoms with van der Waals surface area (Å²) in [7, 11) is 1.46. The van der Waals surface area contributed by atoms with Crippen LogP contribution in [0.5, 0.6) is 0 Å². The molecule has 18 heavy (non-hydrogen) atoms.